The first-order valence-electron chi connectivity index (χ1n) is 2.90. The van der Waals surface area contributed by atoms with E-state index in [2.05, 4.69) is 5.32 Å². The van der Waals surface area contributed by atoms with Crippen LogP contribution in [-0.4, -0.2) is 6.03 Å². The van der Waals surface area contributed by atoms with E-state index in [1.807, 2.05) is 18.2 Å². The lowest BCUT2D eigenvalue weighted by Crippen LogP contribution is -2.18. The molecule has 0 atom stereocenters. The first kappa shape index (κ1) is 6.61. The summed E-state index contributed by atoms with van der Waals surface area (Å²) in [6.07, 6.45) is 0. The Morgan fingerprint density at radius 3 is 2.40 bits per heavy atom. The van der Waals surface area contributed by atoms with Gasteiger partial charge in [-0.25, -0.2) is 4.79 Å². The average Bonchev–Trinajstić information content (AvgIpc) is 1.88. The molecule has 0 fully saturated rings. The first-order valence-corrected chi connectivity index (χ1v) is 2.90. The minimum Gasteiger partial charge on any atom is -0.351 e. The van der Waals surface area contributed by atoms with Crippen LogP contribution in [0.15, 0.2) is 30.3 Å². The Morgan fingerprint density at radius 1 is 1.30 bits per heavy atom. The monoisotopic (exact) mass is 135 g/mol. The third-order valence-electron chi connectivity index (χ3n) is 1.04. The molecule has 0 saturated heterocycles. The van der Waals surface area contributed by atoms with Gasteiger partial charge in [-0.2, -0.15) is 0 Å². The van der Waals surface area contributed by atoms with Crippen LogP contribution in [0.4, 0.5) is 10.5 Å². The van der Waals surface area contributed by atoms with Crippen molar-refractivity contribution in [1.29, 1.82) is 0 Å². The second kappa shape index (κ2) is 2.87. The minimum absolute atomic E-state index is 0.536. The zero-order chi connectivity index (χ0) is 7.40. The molecule has 0 spiro atoms. The van der Waals surface area contributed by atoms with Crippen LogP contribution in [0.3, 0.4) is 0 Å². The molecule has 3 nitrogen and oxygen atoms in total. The van der Waals surface area contributed by atoms with Gasteiger partial charge in [-0.1, -0.05) is 18.2 Å². The van der Waals surface area contributed by atoms with Crippen molar-refractivity contribution in [2.45, 2.75) is 0 Å². The standard InChI is InChI=1S/C7H8N2O/c8-7(10)9-6-4-2-1-3-5-6/h1-5H,(H3,8,9,10)/i8-1. The van der Waals surface area contributed by atoms with Gasteiger partial charge in [0.15, 0.2) is 0 Å². The van der Waals surface area contributed by atoms with Crippen LogP contribution in [0.5, 0.6) is 0 Å². The zero-order valence-corrected chi connectivity index (χ0v) is 5.37. The van der Waals surface area contributed by atoms with E-state index in [4.69, 9.17) is 5.73 Å². The van der Waals surface area contributed by atoms with Crippen molar-refractivity contribution in [1.82, 2.24) is 0 Å². The van der Waals surface area contributed by atoms with Crippen LogP contribution in [0.1, 0.15) is 0 Å². The van der Waals surface area contributed by atoms with E-state index in [0.717, 1.165) is 5.69 Å². The second-order valence-electron chi connectivity index (χ2n) is 1.86. The van der Waals surface area contributed by atoms with Crippen molar-refractivity contribution in [2.24, 2.45) is 5.73 Å². The molecule has 2 amide bonds. The van der Waals surface area contributed by atoms with E-state index in [9.17, 15) is 4.79 Å². The largest absolute Gasteiger partial charge is 0.351 e. The smallest absolute Gasteiger partial charge is 0.316 e. The van der Waals surface area contributed by atoms with Crippen molar-refractivity contribution in [3.8, 4) is 0 Å². The third kappa shape index (κ3) is 1.78. The summed E-state index contributed by atoms with van der Waals surface area (Å²) >= 11 is 0. The number of hydrogen-bond donors (Lipinski definition) is 2. The van der Waals surface area contributed by atoms with Crippen molar-refractivity contribution < 1.29 is 4.79 Å². The van der Waals surface area contributed by atoms with Crippen molar-refractivity contribution in [2.75, 3.05) is 5.32 Å². The lowest BCUT2D eigenvalue weighted by Gasteiger charge is -1.97. The number of primary amides is 1. The molecule has 0 aromatic heterocycles. The maximum absolute atomic E-state index is 10.3. The fourth-order valence-electron chi connectivity index (χ4n) is 0.664. The van der Waals surface area contributed by atoms with Gasteiger partial charge in [-0.3, -0.25) is 0 Å². The molecule has 0 unspecified atom stereocenters. The molecule has 0 radical (unpaired) electrons. The predicted molar refractivity (Wildman–Crippen MR) is 39.6 cm³/mol. The number of amides is 2. The molecule has 0 aliphatic rings. The number of carbonyl (C=O) groups is 1. The van der Waals surface area contributed by atoms with E-state index < -0.39 is 6.03 Å². The van der Waals surface area contributed by atoms with Gasteiger partial charge in [-0.15, -0.1) is 0 Å². The third-order valence-corrected chi connectivity index (χ3v) is 1.04. The molecule has 3 heteroatoms. The SMILES string of the molecule is [13NH2]C(=O)Nc1ccccc1. The highest BCUT2D eigenvalue weighted by molar-refractivity contribution is 5.87. The average molecular weight is 135 g/mol. The Kier molecular flexibility index (Phi) is 1.89. The zero-order valence-electron chi connectivity index (χ0n) is 5.37. The Labute approximate surface area is 58.8 Å². The fourth-order valence-corrected chi connectivity index (χ4v) is 0.664. The highest BCUT2D eigenvalue weighted by atomic mass is 16.2. The van der Waals surface area contributed by atoms with Crippen molar-refractivity contribution in [3.05, 3.63) is 30.3 Å². The van der Waals surface area contributed by atoms with Crippen molar-refractivity contribution in [3.63, 3.8) is 0 Å². The van der Waals surface area contributed by atoms with E-state index in [0.29, 0.717) is 0 Å². The minimum atomic E-state index is -0.536. The molecular weight excluding hydrogens is 127 g/mol. The quantitative estimate of drug-likeness (QED) is 0.596. The van der Waals surface area contributed by atoms with Crippen molar-refractivity contribution >= 4 is 11.7 Å². The van der Waals surface area contributed by atoms with E-state index >= 15 is 0 Å². The summed E-state index contributed by atoms with van der Waals surface area (Å²) < 4.78 is 0. The highest BCUT2D eigenvalue weighted by Gasteiger charge is 1.90. The van der Waals surface area contributed by atoms with Gasteiger partial charge >= 0.3 is 6.03 Å². The molecule has 3 N–H and O–H groups in total. The molecule has 0 aliphatic heterocycles. The van der Waals surface area contributed by atoms with E-state index in [-0.39, 0.29) is 0 Å². The van der Waals surface area contributed by atoms with E-state index in [1.165, 1.54) is 0 Å². The summed E-state index contributed by atoms with van der Waals surface area (Å²) in [5.74, 6) is 0. The maximum Gasteiger partial charge on any atom is 0.316 e. The summed E-state index contributed by atoms with van der Waals surface area (Å²) in [7, 11) is 0. The Bertz CT molecular complexity index is 220. The molecule has 0 aliphatic carbocycles. The maximum atomic E-state index is 10.3. The van der Waals surface area contributed by atoms with Gasteiger partial charge in [-0.05, 0) is 12.1 Å². The molecule has 1 rings (SSSR count). The normalized spacial score (nSPS) is 8.80. The number of benzene rings is 1. The van der Waals surface area contributed by atoms with Gasteiger partial charge < -0.3 is 11.1 Å². The van der Waals surface area contributed by atoms with Gasteiger partial charge in [0.25, 0.3) is 0 Å². The van der Waals surface area contributed by atoms with Crippen LogP contribution >= 0.6 is 0 Å². The Hall–Kier alpha value is -1.51. The molecule has 52 valence electrons. The number of anilines is 1. The highest BCUT2D eigenvalue weighted by Crippen LogP contribution is 2.03. The van der Waals surface area contributed by atoms with Crippen LogP contribution in [0.2, 0.25) is 0 Å². The lowest BCUT2D eigenvalue weighted by molar-refractivity contribution is 0.259. The van der Waals surface area contributed by atoms with Gasteiger partial charge in [0.05, 0.1) is 0 Å². The number of nitrogens with one attached hydrogen (secondary N) is 1. The van der Waals surface area contributed by atoms with Crippen LogP contribution in [0, 0.1) is 0 Å². The fraction of sp³-hybridized carbons (Fsp3) is 0. The summed E-state index contributed by atoms with van der Waals surface area (Å²) in [5.41, 5.74) is 5.59. The Balaban J connectivity index is 2.67. The second-order valence-corrected chi connectivity index (χ2v) is 1.86. The topological polar surface area (TPSA) is 55.1 Å². The molecular formula is C7H8N2O. The number of rotatable bonds is 1. The van der Waals surface area contributed by atoms with Crippen LogP contribution < -0.4 is 11.1 Å². The van der Waals surface area contributed by atoms with Gasteiger partial charge in [0.2, 0.25) is 0 Å². The van der Waals surface area contributed by atoms with E-state index in [1.54, 1.807) is 12.1 Å². The lowest BCUT2D eigenvalue weighted by atomic mass is 10.3. The van der Waals surface area contributed by atoms with Gasteiger partial charge in [0, 0.05) is 5.69 Å². The molecule has 1 aromatic carbocycles. The summed E-state index contributed by atoms with van der Waals surface area (Å²) in [4.78, 5) is 10.3. The summed E-state index contributed by atoms with van der Waals surface area (Å²) in [5, 5.41) is 2.44. The number of nitrogens with two attached hydrogens (primary N) is 1. The van der Waals surface area contributed by atoms with Gasteiger partial charge in [0.1, 0.15) is 0 Å². The number of para-hydroxylation sites is 1. The number of urea groups is 1. The molecule has 10 heavy (non-hydrogen) atoms. The molecule has 0 heterocycles. The number of hydrogen-bond acceptors (Lipinski definition) is 1. The summed E-state index contributed by atoms with van der Waals surface area (Å²) in [6, 6.07) is 8.52. The summed E-state index contributed by atoms with van der Waals surface area (Å²) in [6.45, 7) is 0. The predicted octanol–water partition coefficient (Wildman–Crippen LogP) is 1.18. The molecule has 1 aromatic rings. The van der Waals surface area contributed by atoms with Crippen LogP contribution in [-0.2, 0) is 0 Å². The first-order chi connectivity index (χ1) is 4.79. The number of carbonyl (C=O) groups excluding carboxylic acids is 1. The molecule has 0 saturated carbocycles. The Morgan fingerprint density at radius 2 is 1.90 bits per heavy atom. The molecule has 0 bridgehead atoms. The van der Waals surface area contributed by atoms with Crippen LogP contribution in [0.25, 0.3) is 0 Å².